The number of likely N-dealkylation sites (tertiary alicyclic amines) is 1. The number of rotatable bonds is 2. The minimum absolute atomic E-state index is 0.0340. The lowest BCUT2D eigenvalue weighted by Gasteiger charge is -2.30. The first kappa shape index (κ1) is 14.8. The molecule has 5 nitrogen and oxygen atoms in total. The number of aliphatic hydroxyl groups excluding tert-OH is 1. The number of nitrogens with zero attached hydrogens (tertiary/aromatic N) is 2. The number of hydrogen-bond donors (Lipinski definition) is 1. The molecular weight excluding hydrogens is 256 g/mol. The zero-order valence-corrected chi connectivity index (χ0v) is 12.2. The summed E-state index contributed by atoms with van der Waals surface area (Å²) < 4.78 is 5.45. The molecule has 2 atom stereocenters. The maximum absolute atomic E-state index is 12.3. The van der Waals surface area contributed by atoms with E-state index in [4.69, 9.17) is 4.74 Å². The van der Waals surface area contributed by atoms with Gasteiger partial charge in [0.1, 0.15) is 5.60 Å². The quantitative estimate of drug-likeness (QED) is 0.902. The second-order valence-corrected chi connectivity index (χ2v) is 6.14. The third-order valence-electron chi connectivity index (χ3n) is 3.41. The molecule has 0 bridgehead atoms. The van der Waals surface area contributed by atoms with Gasteiger partial charge in [-0.25, -0.2) is 4.79 Å². The largest absolute Gasteiger partial charge is 0.444 e. The second-order valence-electron chi connectivity index (χ2n) is 6.14. The number of aliphatic hydroxyl groups is 1. The van der Waals surface area contributed by atoms with Crippen molar-refractivity contribution in [3.63, 3.8) is 0 Å². The lowest BCUT2D eigenvalue weighted by Crippen LogP contribution is -2.37. The molecule has 20 heavy (non-hydrogen) atoms. The van der Waals surface area contributed by atoms with Crippen LogP contribution in [0.1, 0.15) is 38.8 Å². The normalized spacial score (nSPS) is 22.9. The molecule has 5 heteroatoms. The summed E-state index contributed by atoms with van der Waals surface area (Å²) in [6.45, 7) is 6.20. The molecule has 1 aliphatic heterocycles. The van der Waals surface area contributed by atoms with Crippen LogP contribution in [0.2, 0.25) is 0 Å². The van der Waals surface area contributed by atoms with E-state index in [1.165, 1.54) is 0 Å². The van der Waals surface area contributed by atoms with Crippen LogP contribution in [0.5, 0.6) is 0 Å². The van der Waals surface area contributed by atoms with Gasteiger partial charge in [-0.3, -0.25) is 4.98 Å². The molecule has 0 saturated carbocycles. The molecule has 2 rings (SSSR count). The molecule has 1 aromatic heterocycles. The van der Waals surface area contributed by atoms with E-state index in [1.54, 1.807) is 17.3 Å². The van der Waals surface area contributed by atoms with E-state index < -0.39 is 5.60 Å². The first-order valence-electron chi connectivity index (χ1n) is 6.93. The molecule has 0 spiro atoms. The van der Waals surface area contributed by atoms with Crippen LogP contribution in [0.3, 0.4) is 0 Å². The molecule has 0 radical (unpaired) electrons. The first-order valence-corrected chi connectivity index (χ1v) is 6.93. The van der Waals surface area contributed by atoms with Crippen molar-refractivity contribution in [2.45, 2.75) is 38.8 Å². The molecule has 1 saturated heterocycles. The van der Waals surface area contributed by atoms with Crippen LogP contribution in [-0.4, -0.2) is 39.8 Å². The molecular formula is C15H22N2O3. The Balaban J connectivity index is 2.22. The Kier molecular flexibility index (Phi) is 4.28. The fourth-order valence-corrected chi connectivity index (χ4v) is 2.58. The number of amides is 1. The average Bonchev–Trinajstić information content (AvgIpc) is 2.81. The fraction of sp³-hybridized carbons (Fsp3) is 0.600. The van der Waals surface area contributed by atoms with Crippen LogP contribution in [0, 0.1) is 5.92 Å². The summed E-state index contributed by atoms with van der Waals surface area (Å²) in [5, 5.41) is 9.53. The van der Waals surface area contributed by atoms with E-state index in [1.807, 2.05) is 32.9 Å². The van der Waals surface area contributed by atoms with E-state index in [2.05, 4.69) is 4.98 Å². The van der Waals surface area contributed by atoms with E-state index >= 15 is 0 Å². The molecule has 1 fully saturated rings. The number of carbonyl (C=O) groups excluding carboxylic acids is 1. The van der Waals surface area contributed by atoms with Crippen LogP contribution in [-0.2, 0) is 4.74 Å². The topological polar surface area (TPSA) is 62.7 Å². The van der Waals surface area contributed by atoms with E-state index in [0.717, 1.165) is 12.0 Å². The smallest absolute Gasteiger partial charge is 0.410 e. The lowest BCUT2D eigenvalue weighted by atomic mass is 9.96. The summed E-state index contributed by atoms with van der Waals surface area (Å²) in [7, 11) is 0. The highest BCUT2D eigenvalue weighted by atomic mass is 16.6. The predicted molar refractivity (Wildman–Crippen MR) is 75.1 cm³/mol. The Hall–Kier alpha value is -1.62. The van der Waals surface area contributed by atoms with E-state index in [0.29, 0.717) is 6.54 Å². The van der Waals surface area contributed by atoms with Crippen molar-refractivity contribution in [1.82, 2.24) is 9.88 Å². The number of hydrogen-bond acceptors (Lipinski definition) is 4. The number of pyridine rings is 1. The van der Waals surface area contributed by atoms with Gasteiger partial charge < -0.3 is 14.7 Å². The van der Waals surface area contributed by atoms with Gasteiger partial charge in [-0.15, -0.1) is 0 Å². The first-order chi connectivity index (χ1) is 9.42. The van der Waals surface area contributed by atoms with Crippen molar-refractivity contribution in [2.24, 2.45) is 5.92 Å². The highest BCUT2D eigenvalue weighted by Crippen LogP contribution is 2.37. The second kappa shape index (κ2) is 5.79. The molecule has 1 aliphatic rings. The Morgan fingerprint density at radius 1 is 1.55 bits per heavy atom. The summed E-state index contributed by atoms with van der Waals surface area (Å²) in [6, 6.07) is 3.61. The van der Waals surface area contributed by atoms with Crippen molar-refractivity contribution in [1.29, 1.82) is 0 Å². The fourth-order valence-electron chi connectivity index (χ4n) is 2.58. The van der Waals surface area contributed by atoms with Crippen molar-refractivity contribution in [3.8, 4) is 0 Å². The summed E-state index contributed by atoms with van der Waals surface area (Å²) in [5.41, 5.74) is 0.420. The van der Waals surface area contributed by atoms with Crippen LogP contribution in [0.4, 0.5) is 4.79 Å². The van der Waals surface area contributed by atoms with E-state index in [9.17, 15) is 9.90 Å². The maximum atomic E-state index is 12.3. The van der Waals surface area contributed by atoms with Gasteiger partial charge in [0.2, 0.25) is 0 Å². The molecule has 110 valence electrons. The zero-order valence-electron chi connectivity index (χ0n) is 12.2. The number of ether oxygens (including phenoxy) is 1. The minimum atomic E-state index is -0.520. The monoisotopic (exact) mass is 278 g/mol. The highest BCUT2D eigenvalue weighted by Gasteiger charge is 2.39. The summed E-state index contributed by atoms with van der Waals surface area (Å²) in [5.74, 6) is 0.0340. The Bertz CT molecular complexity index is 456. The van der Waals surface area contributed by atoms with E-state index in [-0.39, 0.29) is 24.7 Å². The predicted octanol–water partition coefficient (Wildman–Crippen LogP) is 2.37. The van der Waals surface area contributed by atoms with Gasteiger partial charge in [0.25, 0.3) is 0 Å². The van der Waals surface area contributed by atoms with Crippen LogP contribution < -0.4 is 0 Å². The zero-order chi connectivity index (χ0) is 14.8. The SMILES string of the molecule is CC(C)(C)OC(=O)N1CC[C@H](CO)[C@@H]1c1cccnc1. The van der Waals surface area contributed by atoms with Gasteiger partial charge in [0.15, 0.2) is 0 Å². The average molecular weight is 278 g/mol. The molecule has 0 unspecified atom stereocenters. The van der Waals surface area contributed by atoms with Gasteiger partial charge in [-0.2, -0.15) is 0 Å². The van der Waals surface area contributed by atoms with Gasteiger partial charge in [0, 0.05) is 31.5 Å². The van der Waals surface area contributed by atoms with Crippen molar-refractivity contribution >= 4 is 6.09 Å². The summed E-state index contributed by atoms with van der Waals surface area (Å²) in [6.07, 6.45) is 3.89. The third kappa shape index (κ3) is 3.28. The minimum Gasteiger partial charge on any atom is -0.444 e. The maximum Gasteiger partial charge on any atom is 0.410 e. The third-order valence-corrected chi connectivity index (χ3v) is 3.41. The Morgan fingerprint density at radius 2 is 2.30 bits per heavy atom. The van der Waals surface area contributed by atoms with Crippen LogP contribution in [0.15, 0.2) is 24.5 Å². The number of carbonyl (C=O) groups is 1. The summed E-state index contributed by atoms with van der Waals surface area (Å²) >= 11 is 0. The van der Waals surface area contributed by atoms with Crippen molar-refractivity contribution in [3.05, 3.63) is 30.1 Å². The van der Waals surface area contributed by atoms with Gasteiger partial charge in [0.05, 0.1) is 6.04 Å². The van der Waals surface area contributed by atoms with Gasteiger partial charge in [-0.1, -0.05) is 6.07 Å². The molecule has 1 aromatic rings. The highest BCUT2D eigenvalue weighted by molar-refractivity contribution is 5.69. The van der Waals surface area contributed by atoms with Gasteiger partial charge in [-0.05, 0) is 38.8 Å². The molecule has 0 aliphatic carbocycles. The molecule has 1 N–H and O–H groups in total. The van der Waals surface area contributed by atoms with Crippen molar-refractivity contribution < 1.29 is 14.6 Å². The number of aromatic nitrogens is 1. The molecule has 2 heterocycles. The van der Waals surface area contributed by atoms with Crippen LogP contribution in [0.25, 0.3) is 0 Å². The van der Waals surface area contributed by atoms with Crippen LogP contribution >= 0.6 is 0 Å². The Morgan fingerprint density at radius 3 is 2.85 bits per heavy atom. The van der Waals surface area contributed by atoms with Crippen molar-refractivity contribution in [2.75, 3.05) is 13.2 Å². The molecule has 0 aromatic carbocycles. The lowest BCUT2D eigenvalue weighted by molar-refractivity contribution is 0.0191. The molecule has 1 amide bonds. The summed E-state index contributed by atoms with van der Waals surface area (Å²) in [4.78, 5) is 18.1. The standard InChI is InChI=1S/C15H22N2O3/c1-15(2,3)20-14(19)17-8-6-12(10-18)13(17)11-5-4-7-16-9-11/h4-5,7,9,12-13,18H,6,8,10H2,1-3H3/t12-,13+/m1/s1. The Labute approximate surface area is 119 Å². The van der Waals surface area contributed by atoms with Gasteiger partial charge >= 0.3 is 6.09 Å².